The van der Waals surface area contributed by atoms with E-state index in [9.17, 15) is 0 Å². The zero-order valence-corrected chi connectivity index (χ0v) is 12.7. The van der Waals surface area contributed by atoms with Crippen LogP contribution in [0.1, 0.15) is 42.6 Å². The van der Waals surface area contributed by atoms with Gasteiger partial charge in [0.15, 0.2) is 6.61 Å². The first kappa shape index (κ1) is 14.2. The van der Waals surface area contributed by atoms with E-state index in [-0.39, 0.29) is 0 Å². The van der Waals surface area contributed by atoms with Crippen molar-refractivity contribution < 1.29 is 9.25 Å². The number of aryl methyl sites for hydroxylation is 2. The summed E-state index contributed by atoms with van der Waals surface area (Å²) in [5.74, 6) is 7.24. The predicted octanol–water partition coefficient (Wildman–Crippen LogP) is 2.74. The van der Waals surface area contributed by atoms with Crippen LogP contribution in [0, 0.1) is 18.8 Å². The van der Waals surface area contributed by atoms with Crippen molar-refractivity contribution in [2.75, 3.05) is 26.2 Å². The van der Waals surface area contributed by atoms with Gasteiger partial charge in [-0.3, -0.25) is 4.90 Å². The van der Waals surface area contributed by atoms with Crippen molar-refractivity contribution in [3.05, 3.63) is 23.2 Å². The van der Waals surface area contributed by atoms with Crippen LogP contribution in [0.15, 0.2) is 15.8 Å². The van der Waals surface area contributed by atoms with Gasteiger partial charge in [-0.05, 0) is 51.3 Å². The molecular weight excluding hydrogens is 264 g/mol. The minimum Gasteiger partial charge on any atom is -0.468 e. The van der Waals surface area contributed by atoms with Crippen molar-refractivity contribution in [3.63, 3.8) is 0 Å². The van der Waals surface area contributed by atoms with Crippen molar-refractivity contribution in [3.8, 4) is 11.8 Å². The predicted molar refractivity (Wildman–Crippen MR) is 82.3 cm³/mol. The molecule has 1 aromatic rings. The number of rotatable bonds is 3. The maximum absolute atomic E-state index is 5.55. The molecule has 0 N–H and O–H groups in total. The summed E-state index contributed by atoms with van der Waals surface area (Å²) in [7, 11) is 0. The molecule has 0 bridgehead atoms. The Labute approximate surface area is 126 Å². The van der Waals surface area contributed by atoms with Crippen LogP contribution >= 0.6 is 0 Å². The third kappa shape index (κ3) is 3.48. The topological polar surface area (TPSA) is 38.0 Å². The lowest BCUT2D eigenvalue weighted by atomic mass is 9.94. The van der Waals surface area contributed by atoms with Crippen molar-refractivity contribution in [1.29, 1.82) is 0 Å². The number of furan rings is 1. The SMILES string of the molecule is Cc1coc2c1/C(=N/OCC#CCN1CCCC1)CCC2. The maximum Gasteiger partial charge on any atom is 0.177 e. The summed E-state index contributed by atoms with van der Waals surface area (Å²) < 4.78 is 5.55. The fraction of sp³-hybridized carbons (Fsp3) is 0.588. The molecule has 1 fully saturated rings. The van der Waals surface area contributed by atoms with Gasteiger partial charge in [0, 0.05) is 12.0 Å². The van der Waals surface area contributed by atoms with Gasteiger partial charge in [0.1, 0.15) is 5.76 Å². The van der Waals surface area contributed by atoms with E-state index in [1.54, 1.807) is 6.26 Å². The Bertz CT molecular complexity index is 571. The van der Waals surface area contributed by atoms with E-state index in [0.717, 1.165) is 48.4 Å². The normalized spacial score (nSPS) is 20.1. The summed E-state index contributed by atoms with van der Waals surface area (Å²) >= 11 is 0. The first-order valence-electron chi connectivity index (χ1n) is 7.79. The molecule has 1 aromatic heterocycles. The van der Waals surface area contributed by atoms with E-state index in [1.807, 2.05) is 0 Å². The number of hydrogen-bond acceptors (Lipinski definition) is 4. The van der Waals surface area contributed by atoms with Crippen LogP contribution in [0.5, 0.6) is 0 Å². The minimum atomic E-state index is 0.365. The van der Waals surface area contributed by atoms with E-state index < -0.39 is 0 Å². The molecule has 1 aliphatic heterocycles. The molecule has 2 heterocycles. The molecule has 0 aromatic carbocycles. The Morgan fingerprint density at radius 1 is 1.24 bits per heavy atom. The molecular formula is C17H22N2O2. The van der Waals surface area contributed by atoms with Gasteiger partial charge in [-0.2, -0.15) is 0 Å². The van der Waals surface area contributed by atoms with Crippen LogP contribution in [0.2, 0.25) is 0 Å². The molecule has 0 saturated carbocycles. The highest BCUT2D eigenvalue weighted by Gasteiger charge is 2.21. The fourth-order valence-electron chi connectivity index (χ4n) is 3.00. The molecule has 0 spiro atoms. The number of oxime groups is 1. The average molecular weight is 286 g/mol. The molecule has 0 atom stereocenters. The minimum absolute atomic E-state index is 0.365. The van der Waals surface area contributed by atoms with E-state index in [2.05, 4.69) is 28.8 Å². The van der Waals surface area contributed by atoms with Crippen molar-refractivity contribution in [2.24, 2.45) is 5.16 Å². The molecule has 4 heteroatoms. The van der Waals surface area contributed by atoms with Gasteiger partial charge in [-0.25, -0.2) is 0 Å². The molecule has 2 aliphatic rings. The monoisotopic (exact) mass is 286 g/mol. The van der Waals surface area contributed by atoms with Gasteiger partial charge in [0.25, 0.3) is 0 Å². The first-order chi connectivity index (χ1) is 10.3. The number of likely N-dealkylation sites (tertiary alicyclic amines) is 1. The lowest BCUT2D eigenvalue weighted by molar-refractivity contribution is 0.178. The Morgan fingerprint density at radius 3 is 2.95 bits per heavy atom. The second-order valence-electron chi connectivity index (χ2n) is 5.72. The van der Waals surface area contributed by atoms with E-state index in [0.29, 0.717) is 6.61 Å². The van der Waals surface area contributed by atoms with Crippen molar-refractivity contribution in [2.45, 2.75) is 39.0 Å². The third-order valence-electron chi connectivity index (χ3n) is 4.09. The summed E-state index contributed by atoms with van der Waals surface area (Å²) in [6, 6.07) is 0. The summed E-state index contributed by atoms with van der Waals surface area (Å²) in [6.07, 6.45) is 7.44. The van der Waals surface area contributed by atoms with Crippen LogP contribution < -0.4 is 0 Å². The van der Waals surface area contributed by atoms with Gasteiger partial charge in [0.05, 0.1) is 18.5 Å². The second-order valence-corrected chi connectivity index (χ2v) is 5.72. The van der Waals surface area contributed by atoms with Gasteiger partial charge >= 0.3 is 0 Å². The standard InChI is InChI=1S/C17H22N2O2/c1-14-13-20-16-8-6-7-15(17(14)16)18-21-12-5-4-11-19-9-2-3-10-19/h13H,2-3,6-12H2,1H3/b18-15+. The smallest absolute Gasteiger partial charge is 0.177 e. The molecule has 0 unspecified atom stereocenters. The number of hydrogen-bond donors (Lipinski definition) is 0. The zero-order valence-electron chi connectivity index (χ0n) is 12.7. The number of fused-ring (bicyclic) bond motifs is 1. The summed E-state index contributed by atoms with van der Waals surface area (Å²) in [6.45, 7) is 5.63. The van der Waals surface area contributed by atoms with Crippen LogP contribution in [-0.4, -0.2) is 36.9 Å². The van der Waals surface area contributed by atoms with Crippen LogP contribution in [-0.2, 0) is 11.3 Å². The first-order valence-corrected chi connectivity index (χ1v) is 7.79. The van der Waals surface area contributed by atoms with Crippen molar-refractivity contribution in [1.82, 2.24) is 4.90 Å². The largest absolute Gasteiger partial charge is 0.468 e. The van der Waals surface area contributed by atoms with Crippen LogP contribution in [0.3, 0.4) is 0 Å². The third-order valence-corrected chi connectivity index (χ3v) is 4.09. The quantitative estimate of drug-likeness (QED) is 0.487. The summed E-state index contributed by atoms with van der Waals surface area (Å²) in [5.41, 5.74) is 3.29. The van der Waals surface area contributed by atoms with E-state index in [4.69, 9.17) is 9.25 Å². The van der Waals surface area contributed by atoms with Crippen LogP contribution in [0.25, 0.3) is 0 Å². The van der Waals surface area contributed by atoms with Crippen molar-refractivity contribution >= 4 is 5.71 Å². The maximum atomic E-state index is 5.55. The fourth-order valence-corrected chi connectivity index (χ4v) is 3.00. The molecule has 1 aliphatic carbocycles. The highest BCUT2D eigenvalue weighted by Crippen LogP contribution is 2.26. The lowest BCUT2D eigenvalue weighted by Crippen LogP contribution is -2.19. The van der Waals surface area contributed by atoms with Gasteiger partial charge < -0.3 is 9.25 Å². The Balaban J connectivity index is 1.50. The Morgan fingerprint density at radius 2 is 2.10 bits per heavy atom. The zero-order chi connectivity index (χ0) is 14.5. The Hall–Kier alpha value is -1.73. The van der Waals surface area contributed by atoms with E-state index >= 15 is 0 Å². The summed E-state index contributed by atoms with van der Waals surface area (Å²) in [4.78, 5) is 7.75. The Kier molecular flexibility index (Phi) is 4.62. The van der Waals surface area contributed by atoms with Crippen LogP contribution in [0.4, 0.5) is 0 Å². The second kappa shape index (κ2) is 6.82. The van der Waals surface area contributed by atoms with Gasteiger partial charge in [-0.15, -0.1) is 0 Å². The molecule has 3 rings (SSSR count). The lowest BCUT2D eigenvalue weighted by Gasteiger charge is -2.12. The van der Waals surface area contributed by atoms with Gasteiger partial charge in [0.2, 0.25) is 0 Å². The molecule has 4 nitrogen and oxygen atoms in total. The highest BCUT2D eigenvalue weighted by molar-refractivity contribution is 6.03. The van der Waals surface area contributed by atoms with E-state index in [1.165, 1.54) is 25.9 Å². The summed E-state index contributed by atoms with van der Waals surface area (Å²) in [5, 5.41) is 4.27. The molecule has 112 valence electrons. The molecule has 0 radical (unpaired) electrons. The molecule has 0 amide bonds. The van der Waals surface area contributed by atoms with Gasteiger partial charge in [-0.1, -0.05) is 17.0 Å². The average Bonchev–Trinajstić information content (AvgIpc) is 3.13. The molecule has 21 heavy (non-hydrogen) atoms. The number of nitrogens with zero attached hydrogens (tertiary/aromatic N) is 2. The highest BCUT2D eigenvalue weighted by atomic mass is 16.6. The molecule has 1 saturated heterocycles.